The predicted octanol–water partition coefficient (Wildman–Crippen LogP) is 2.61. The van der Waals surface area contributed by atoms with E-state index in [-0.39, 0.29) is 41.9 Å². The van der Waals surface area contributed by atoms with Crippen LogP contribution < -0.4 is 35.4 Å². The van der Waals surface area contributed by atoms with Gasteiger partial charge in [0.1, 0.15) is 0 Å². The van der Waals surface area contributed by atoms with Gasteiger partial charge in [-0.1, -0.05) is 97.9 Å². The molecule has 0 atom stereocenters. The fourth-order valence-electron chi connectivity index (χ4n) is 5.18. The van der Waals surface area contributed by atoms with Gasteiger partial charge in [0.15, 0.2) is 0 Å². The zero-order valence-corrected chi connectivity index (χ0v) is 28.8. The Balaban J connectivity index is 0.00000533. The van der Waals surface area contributed by atoms with Gasteiger partial charge in [-0.25, -0.2) is 0 Å². The third kappa shape index (κ3) is 11.5. The molecule has 0 spiro atoms. The van der Waals surface area contributed by atoms with Crippen LogP contribution in [-0.2, 0) is 23.6 Å². The fraction of sp³-hybridized carbons (Fsp3) is 0.500. The van der Waals surface area contributed by atoms with E-state index >= 15 is 0 Å². The van der Waals surface area contributed by atoms with E-state index in [1.165, 1.54) is 33.6 Å². The van der Waals surface area contributed by atoms with Crippen LogP contribution in [0, 0.1) is 0 Å². The Labute approximate surface area is 273 Å². The molecule has 41 heavy (non-hydrogen) atoms. The summed E-state index contributed by atoms with van der Waals surface area (Å²) in [5.41, 5.74) is 9.37. The van der Waals surface area contributed by atoms with Gasteiger partial charge in [-0.15, -0.1) is 0 Å². The largest absolute Gasteiger partial charge is 2.00 e. The van der Waals surface area contributed by atoms with Crippen molar-refractivity contribution in [3.8, 4) is 0 Å². The summed E-state index contributed by atoms with van der Waals surface area (Å²) >= 11 is 0. The SMILES string of the molecule is CC(C)c1cccc(C(C)C)c1NCCN(CCNc1c(C(C)C)cccc1C(C)C)Cc1ccccn1.[Cl-].[Cl-].[Mn+2]. The zero-order chi connectivity index (χ0) is 27.7. The minimum Gasteiger partial charge on any atom is -1.00 e. The van der Waals surface area contributed by atoms with Crippen molar-refractivity contribution in [2.24, 2.45) is 0 Å². The molecule has 1 radical (unpaired) electrons. The summed E-state index contributed by atoms with van der Waals surface area (Å²) in [6.07, 6.45) is 1.89. The number of hydrogen-bond acceptors (Lipinski definition) is 4. The first-order valence-electron chi connectivity index (χ1n) is 14.5. The summed E-state index contributed by atoms with van der Waals surface area (Å²) < 4.78 is 0. The number of anilines is 2. The van der Waals surface area contributed by atoms with Crippen LogP contribution in [0.5, 0.6) is 0 Å². The molecule has 0 aliphatic heterocycles. The first kappa shape index (κ1) is 39.2. The van der Waals surface area contributed by atoms with Crippen LogP contribution >= 0.6 is 0 Å². The Hall–Kier alpha value is -1.75. The molecule has 0 unspecified atom stereocenters. The van der Waals surface area contributed by atoms with Crippen molar-refractivity contribution in [1.82, 2.24) is 9.88 Å². The van der Waals surface area contributed by atoms with E-state index in [1.807, 2.05) is 12.3 Å². The van der Waals surface area contributed by atoms with Gasteiger partial charge in [-0.05, 0) is 58.1 Å². The Morgan fingerprint density at radius 3 is 1.29 bits per heavy atom. The van der Waals surface area contributed by atoms with Crippen LogP contribution in [0.4, 0.5) is 11.4 Å². The molecule has 227 valence electrons. The fourth-order valence-corrected chi connectivity index (χ4v) is 5.18. The van der Waals surface area contributed by atoms with E-state index in [4.69, 9.17) is 0 Å². The third-order valence-corrected chi connectivity index (χ3v) is 7.32. The third-order valence-electron chi connectivity index (χ3n) is 7.32. The monoisotopic (exact) mass is 639 g/mol. The number of aromatic nitrogens is 1. The summed E-state index contributed by atoms with van der Waals surface area (Å²) in [5.74, 6) is 1.95. The number of rotatable bonds is 14. The summed E-state index contributed by atoms with van der Waals surface area (Å²) in [6, 6.07) is 19.7. The maximum atomic E-state index is 4.62. The van der Waals surface area contributed by atoms with E-state index < -0.39 is 0 Å². The number of pyridine rings is 1. The van der Waals surface area contributed by atoms with E-state index in [1.54, 1.807) is 0 Å². The van der Waals surface area contributed by atoms with Crippen molar-refractivity contribution in [1.29, 1.82) is 0 Å². The average molecular weight is 641 g/mol. The Morgan fingerprint density at radius 1 is 0.585 bits per heavy atom. The Kier molecular flexibility index (Phi) is 18.6. The molecule has 1 aromatic heterocycles. The summed E-state index contributed by atoms with van der Waals surface area (Å²) in [6.45, 7) is 22.8. The van der Waals surface area contributed by atoms with Gasteiger partial charge in [0, 0.05) is 50.3 Å². The second-order valence-corrected chi connectivity index (χ2v) is 11.7. The molecule has 3 rings (SSSR count). The first-order chi connectivity index (χ1) is 18.2. The van der Waals surface area contributed by atoms with Crippen molar-refractivity contribution < 1.29 is 41.9 Å². The van der Waals surface area contributed by atoms with Crippen molar-refractivity contribution in [3.05, 3.63) is 88.7 Å². The molecule has 3 aromatic rings. The van der Waals surface area contributed by atoms with E-state index in [0.29, 0.717) is 23.7 Å². The molecule has 2 aromatic carbocycles. The molecule has 4 nitrogen and oxygen atoms in total. The maximum absolute atomic E-state index is 4.62. The van der Waals surface area contributed by atoms with Crippen LogP contribution in [0.15, 0.2) is 60.8 Å². The molecule has 2 N–H and O–H groups in total. The predicted molar refractivity (Wildman–Crippen MR) is 166 cm³/mol. The second-order valence-electron chi connectivity index (χ2n) is 11.7. The summed E-state index contributed by atoms with van der Waals surface area (Å²) in [7, 11) is 0. The van der Waals surface area contributed by atoms with Crippen LogP contribution in [-0.4, -0.2) is 36.1 Å². The van der Waals surface area contributed by atoms with Crippen molar-refractivity contribution in [2.75, 3.05) is 36.8 Å². The molecular weight excluding hydrogens is 590 g/mol. The van der Waals surface area contributed by atoms with E-state index in [2.05, 4.69) is 124 Å². The van der Waals surface area contributed by atoms with Crippen LogP contribution in [0.25, 0.3) is 0 Å². The summed E-state index contributed by atoms with van der Waals surface area (Å²) in [4.78, 5) is 7.13. The average Bonchev–Trinajstić information content (AvgIpc) is 2.88. The van der Waals surface area contributed by atoms with Crippen LogP contribution in [0.3, 0.4) is 0 Å². The van der Waals surface area contributed by atoms with Gasteiger partial charge >= 0.3 is 17.1 Å². The summed E-state index contributed by atoms with van der Waals surface area (Å²) in [5, 5.41) is 7.67. The maximum Gasteiger partial charge on any atom is 2.00 e. The van der Waals surface area contributed by atoms with Crippen LogP contribution in [0.2, 0.25) is 0 Å². The molecular formula is C34H50Cl2MnN4. The standard InChI is InChI=1S/C34H50N4.2ClH.Mn/c1-24(2)29-14-11-15-30(25(3)4)33(29)36-19-21-38(23-28-13-9-10-18-35-28)22-20-37-34-31(26(5)6)16-12-17-32(34)27(7)8;;;/h9-18,24-27,36-37H,19-23H2,1-8H3;2*1H;/q;;;+2/p-2. The van der Waals surface area contributed by atoms with Gasteiger partial charge in [0.05, 0.1) is 5.69 Å². The Morgan fingerprint density at radius 2 is 0.976 bits per heavy atom. The molecule has 0 saturated heterocycles. The van der Waals surface area contributed by atoms with Gasteiger partial charge in [-0.3, -0.25) is 9.88 Å². The van der Waals surface area contributed by atoms with Gasteiger partial charge < -0.3 is 35.4 Å². The molecule has 1 heterocycles. The van der Waals surface area contributed by atoms with E-state index in [9.17, 15) is 0 Å². The van der Waals surface area contributed by atoms with E-state index in [0.717, 1.165) is 38.4 Å². The molecule has 0 amide bonds. The van der Waals surface area contributed by atoms with Crippen molar-refractivity contribution in [3.63, 3.8) is 0 Å². The number of hydrogen-bond donors (Lipinski definition) is 2. The second kappa shape index (κ2) is 19.4. The number of halogens is 2. The Bertz CT molecular complexity index is 1010. The molecule has 0 aliphatic carbocycles. The van der Waals surface area contributed by atoms with Gasteiger partial charge in [0.2, 0.25) is 0 Å². The van der Waals surface area contributed by atoms with Crippen molar-refractivity contribution >= 4 is 11.4 Å². The minimum absolute atomic E-state index is 0. The molecule has 7 heteroatoms. The smallest absolute Gasteiger partial charge is 1.00 e. The number of nitrogens with zero attached hydrogens (tertiary/aromatic N) is 2. The quantitative estimate of drug-likeness (QED) is 0.266. The molecule has 0 aliphatic rings. The number of nitrogens with one attached hydrogen (secondary N) is 2. The van der Waals surface area contributed by atoms with Crippen molar-refractivity contribution in [2.45, 2.75) is 85.6 Å². The molecule has 0 saturated carbocycles. The number of para-hydroxylation sites is 2. The van der Waals surface area contributed by atoms with Gasteiger partial charge in [0.25, 0.3) is 0 Å². The molecule has 0 bridgehead atoms. The normalized spacial score (nSPS) is 11.0. The minimum atomic E-state index is 0. The number of benzene rings is 2. The van der Waals surface area contributed by atoms with Gasteiger partial charge in [-0.2, -0.15) is 0 Å². The topological polar surface area (TPSA) is 40.2 Å². The molecule has 0 fully saturated rings. The zero-order valence-electron chi connectivity index (χ0n) is 26.1. The first-order valence-corrected chi connectivity index (χ1v) is 14.5. The van der Waals surface area contributed by atoms with Crippen LogP contribution in [0.1, 0.15) is 107 Å².